The van der Waals surface area contributed by atoms with Crippen LogP contribution in [0.15, 0.2) is 54.6 Å². The summed E-state index contributed by atoms with van der Waals surface area (Å²) in [7, 11) is 3.73. The van der Waals surface area contributed by atoms with Gasteiger partial charge in [-0.3, -0.25) is 9.69 Å². The minimum Gasteiger partial charge on any atom is -0.313 e. The Morgan fingerprint density at radius 2 is 1.83 bits per heavy atom. The lowest BCUT2D eigenvalue weighted by Crippen LogP contribution is -2.30. The van der Waals surface area contributed by atoms with Crippen molar-refractivity contribution in [2.45, 2.75) is 6.42 Å². The molecule has 0 saturated carbocycles. The Morgan fingerprint density at radius 1 is 1.12 bits per heavy atom. The van der Waals surface area contributed by atoms with Crippen LogP contribution < -0.4 is 4.90 Å². The van der Waals surface area contributed by atoms with E-state index in [2.05, 4.69) is 17.1 Å². The molecule has 1 heterocycles. The lowest BCUT2D eigenvalue weighted by atomic mass is 10.2. The molecule has 1 aromatic heterocycles. The van der Waals surface area contributed by atoms with Gasteiger partial charge < -0.3 is 4.57 Å². The van der Waals surface area contributed by atoms with Crippen LogP contribution in [0.25, 0.3) is 11.0 Å². The maximum atomic E-state index is 12.4. The number of rotatable bonds is 6. The van der Waals surface area contributed by atoms with Gasteiger partial charge in [0.05, 0.1) is 16.8 Å². The standard InChI is InChI=1S/C19H21N3OS/c1-21-17-11-7-6-10-16(17)20-19(21)22(2)18(23)14-24-13-12-15-8-4-3-5-9-15/h3-11H,12-14H2,1-2H3. The number of benzene rings is 2. The summed E-state index contributed by atoms with van der Waals surface area (Å²) >= 11 is 1.66. The number of imidazole rings is 1. The molecule has 24 heavy (non-hydrogen) atoms. The Morgan fingerprint density at radius 3 is 2.58 bits per heavy atom. The van der Waals surface area contributed by atoms with Gasteiger partial charge in [-0.15, -0.1) is 0 Å². The van der Waals surface area contributed by atoms with E-state index in [0.717, 1.165) is 23.2 Å². The molecule has 0 saturated heterocycles. The third kappa shape index (κ3) is 3.62. The average molecular weight is 339 g/mol. The molecule has 1 amide bonds. The van der Waals surface area contributed by atoms with Gasteiger partial charge in [0.2, 0.25) is 11.9 Å². The van der Waals surface area contributed by atoms with Crippen LogP contribution in [0.2, 0.25) is 0 Å². The molecule has 0 unspecified atom stereocenters. The number of carbonyl (C=O) groups excluding carboxylic acids is 1. The molecule has 3 rings (SSSR count). The van der Waals surface area contributed by atoms with Gasteiger partial charge in [-0.1, -0.05) is 42.5 Å². The number of para-hydroxylation sites is 2. The van der Waals surface area contributed by atoms with E-state index in [1.165, 1.54) is 5.56 Å². The van der Waals surface area contributed by atoms with Crippen LogP contribution in [0.1, 0.15) is 5.56 Å². The van der Waals surface area contributed by atoms with Crippen molar-refractivity contribution < 1.29 is 4.79 Å². The summed E-state index contributed by atoms with van der Waals surface area (Å²) in [5.41, 5.74) is 3.25. The van der Waals surface area contributed by atoms with Crippen molar-refractivity contribution in [2.75, 3.05) is 23.5 Å². The predicted molar refractivity (Wildman–Crippen MR) is 102 cm³/mol. The number of amides is 1. The molecular formula is C19H21N3OS. The van der Waals surface area contributed by atoms with Crippen molar-refractivity contribution in [3.63, 3.8) is 0 Å². The van der Waals surface area contributed by atoms with Crippen LogP contribution >= 0.6 is 11.8 Å². The molecule has 5 heteroatoms. The smallest absolute Gasteiger partial charge is 0.239 e. The summed E-state index contributed by atoms with van der Waals surface area (Å²) in [5, 5.41) is 0. The first kappa shape index (κ1) is 16.6. The summed E-state index contributed by atoms with van der Waals surface area (Å²) < 4.78 is 1.96. The normalized spacial score (nSPS) is 10.9. The Balaban J connectivity index is 1.57. The van der Waals surface area contributed by atoms with E-state index in [1.54, 1.807) is 23.7 Å². The van der Waals surface area contributed by atoms with Gasteiger partial charge in [-0.05, 0) is 29.9 Å². The fraction of sp³-hybridized carbons (Fsp3) is 0.263. The summed E-state index contributed by atoms with van der Waals surface area (Å²) in [6.45, 7) is 0. The molecule has 0 atom stereocenters. The van der Waals surface area contributed by atoms with Crippen LogP contribution in [0, 0.1) is 0 Å². The van der Waals surface area contributed by atoms with Crippen molar-refractivity contribution >= 4 is 34.7 Å². The van der Waals surface area contributed by atoms with Crippen LogP contribution in [-0.2, 0) is 18.3 Å². The monoisotopic (exact) mass is 339 g/mol. The highest BCUT2D eigenvalue weighted by molar-refractivity contribution is 7.99. The minimum atomic E-state index is 0.0754. The number of thioether (sulfide) groups is 1. The van der Waals surface area contributed by atoms with Crippen LogP contribution in [0.5, 0.6) is 0 Å². The van der Waals surface area contributed by atoms with Gasteiger partial charge in [-0.2, -0.15) is 11.8 Å². The molecule has 0 spiro atoms. The highest BCUT2D eigenvalue weighted by Gasteiger charge is 2.17. The fourth-order valence-electron chi connectivity index (χ4n) is 2.64. The van der Waals surface area contributed by atoms with Crippen molar-refractivity contribution in [1.82, 2.24) is 9.55 Å². The van der Waals surface area contributed by atoms with E-state index in [1.807, 2.05) is 54.1 Å². The first-order valence-corrected chi connectivity index (χ1v) is 9.12. The maximum absolute atomic E-state index is 12.4. The Kier molecular flexibility index (Phi) is 5.20. The number of nitrogens with zero attached hydrogens (tertiary/aromatic N) is 3. The van der Waals surface area contributed by atoms with Gasteiger partial charge in [0.25, 0.3) is 0 Å². The third-order valence-corrected chi connectivity index (χ3v) is 4.98. The van der Waals surface area contributed by atoms with Crippen LogP contribution in [0.4, 0.5) is 5.95 Å². The third-order valence-electron chi connectivity index (χ3n) is 4.04. The number of anilines is 1. The molecule has 0 fully saturated rings. The molecule has 124 valence electrons. The van der Waals surface area contributed by atoms with Gasteiger partial charge in [0, 0.05) is 14.1 Å². The van der Waals surface area contributed by atoms with Gasteiger partial charge in [0.15, 0.2) is 0 Å². The van der Waals surface area contributed by atoms with E-state index < -0.39 is 0 Å². The molecule has 0 aliphatic carbocycles. The zero-order chi connectivity index (χ0) is 16.9. The van der Waals surface area contributed by atoms with Gasteiger partial charge in [0.1, 0.15) is 0 Å². The summed E-state index contributed by atoms with van der Waals surface area (Å²) in [6.07, 6.45) is 0.981. The molecule has 4 nitrogen and oxygen atoms in total. The van der Waals surface area contributed by atoms with Crippen molar-refractivity contribution in [1.29, 1.82) is 0 Å². The van der Waals surface area contributed by atoms with Crippen LogP contribution in [0.3, 0.4) is 0 Å². The second kappa shape index (κ2) is 7.53. The molecule has 0 aliphatic rings. The van der Waals surface area contributed by atoms with Crippen LogP contribution in [-0.4, -0.2) is 34.0 Å². The second-order valence-corrected chi connectivity index (χ2v) is 6.81. The number of fused-ring (bicyclic) bond motifs is 1. The largest absolute Gasteiger partial charge is 0.313 e. The van der Waals surface area contributed by atoms with Crippen molar-refractivity contribution in [2.24, 2.45) is 7.05 Å². The SMILES string of the molecule is CN(C(=O)CSCCc1ccccc1)c1nc2ccccc2n1C. The minimum absolute atomic E-state index is 0.0754. The Labute approximate surface area is 146 Å². The molecule has 0 bridgehead atoms. The number of aryl methyl sites for hydroxylation is 2. The quantitative estimate of drug-likeness (QED) is 0.645. The second-order valence-electron chi connectivity index (χ2n) is 5.70. The van der Waals surface area contributed by atoms with Crippen molar-refractivity contribution in [3.8, 4) is 0 Å². The lowest BCUT2D eigenvalue weighted by molar-refractivity contribution is -0.115. The molecule has 2 aromatic carbocycles. The number of carbonyl (C=O) groups is 1. The first-order valence-electron chi connectivity index (χ1n) is 7.96. The van der Waals surface area contributed by atoms with E-state index in [-0.39, 0.29) is 5.91 Å². The number of aromatic nitrogens is 2. The molecule has 0 aliphatic heterocycles. The predicted octanol–water partition coefficient (Wildman–Crippen LogP) is 3.51. The first-order chi connectivity index (χ1) is 11.7. The average Bonchev–Trinajstić information content (AvgIpc) is 2.96. The maximum Gasteiger partial charge on any atom is 0.239 e. The fourth-order valence-corrected chi connectivity index (χ4v) is 3.53. The topological polar surface area (TPSA) is 38.1 Å². The number of hydrogen-bond donors (Lipinski definition) is 0. The lowest BCUT2D eigenvalue weighted by Gasteiger charge is -2.16. The Bertz CT molecular complexity index is 829. The summed E-state index contributed by atoms with van der Waals surface area (Å²) in [5.74, 6) is 2.16. The highest BCUT2D eigenvalue weighted by Crippen LogP contribution is 2.20. The van der Waals surface area contributed by atoms with Crippen molar-refractivity contribution in [3.05, 3.63) is 60.2 Å². The Hall–Kier alpha value is -2.27. The highest BCUT2D eigenvalue weighted by atomic mass is 32.2. The molecule has 3 aromatic rings. The van der Waals surface area contributed by atoms with E-state index in [0.29, 0.717) is 11.7 Å². The van der Waals surface area contributed by atoms with E-state index in [4.69, 9.17) is 0 Å². The zero-order valence-corrected chi connectivity index (χ0v) is 14.8. The van der Waals surface area contributed by atoms with E-state index in [9.17, 15) is 4.79 Å². The molecule has 0 N–H and O–H groups in total. The summed E-state index contributed by atoms with van der Waals surface area (Å²) in [6, 6.07) is 18.3. The number of hydrogen-bond acceptors (Lipinski definition) is 3. The van der Waals surface area contributed by atoms with E-state index >= 15 is 0 Å². The molecule has 0 radical (unpaired) electrons. The summed E-state index contributed by atoms with van der Waals surface area (Å²) in [4.78, 5) is 18.7. The van der Waals surface area contributed by atoms with Gasteiger partial charge >= 0.3 is 0 Å². The zero-order valence-electron chi connectivity index (χ0n) is 14.0. The van der Waals surface area contributed by atoms with Gasteiger partial charge in [-0.25, -0.2) is 4.98 Å². The molecular weight excluding hydrogens is 318 g/mol.